The van der Waals surface area contributed by atoms with Crippen LogP contribution in [0.15, 0.2) is 12.1 Å². The minimum atomic E-state index is -1.58. The largest absolute Gasteiger partial charge is 0.494 e. The van der Waals surface area contributed by atoms with Gasteiger partial charge in [-0.1, -0.05) is 20.8 Å². The van der Waals surface area contributed by atoms with Crippen LogP contribution in [0.2, 0.25) is 0 Å². The molecule has 1 aromatic rings. The summed E-state index contributed by atoms with van der Waals surface area (Å²) in [5.41, 5.74) is 9.23. The smallest absolute Gasteiger partial charge is 0.417 e. The topological polar surface area (TPSA) is 198 Å². The Labute approximate surface area is 211 Å². The van der Waals surface area contributed by atoms with Gasteiger partial charge in [0.1, 0.15) is 17.7 Å². The van der Waals surface area contributed by atoms with Crippen molar-refractivity contribution in [3.05, 3.63) is 12.1 Å². The molecule has 36 heavy (non-hydrogen) atoms. The molecule has 1 unspecified atom stereocenters. The van der Waals surface area contributed by atoms with Crippen molar-refractivity contribution in [3.8, 4) is 11.8 Å². The molecule has 12 heteroatoms. The van der Waals surface area contributed by atoms with Crippen molar-refractivity contribution < 1.29 is 39.2 Å². The molecule has 0 aliphatic rings. The molecule has 0 aromatic carbocycles. The van der Waals surface area contributed by atoms with Gasteiger partial charge in [0.25, 0.3) is 5.91 Å². The van der Waals surface area contributed by atoms with Crippen LogP contribution in [0.25, 0.3) is 0 Å². The molecule has 204 valence electrons. The zero-order valence-corrected chi connectivity index (χ0v) is 21.9. The summed E-state index contributed by atoms with van der Waals surface area (Å²) < 4.78 is 6.21. The highest BCUT2D eigenvalue weighted by Gasteiger charge is 2.44. The number of hydrogen-bond acceptors (Lipinski definition) is 8. The zero-order chi connectivity index (χ0) is 28.0. The van der Waals surface area contributed by atoms with E-state index in [-0.39, 0.29) is 6.42 Å². The third kappa shape index (κ3) is 8.14. The number of aromatic nitrogens is 1. The van der Waals surface area contributed by atoms with Crippen molar-refractivity contribution in [2.45, 2.75) is 84.9 Å². The van der Waals surface area contributed by atoms with Crippen LogP contribution in [0.3, 0.4) is 0 Å². The fraction of sp³-hybridized carbons (Fsp3) is 0.667. The number of unbranched alkanes of at least 4 members (excludes halogenated alkanes) is 1. The van der Waals surface area contributed by atoms with E-state index in [9.17, 15) is 34.5 Å². The summed E-state index contributed by atoms with van der Waals surface area (Å²) in [5.74, 6) is -5.46. The molecule has 1 heterocycles. The molecule has 12 nitrogen and oxygen atoms in total. The lowest BCUT2D eigenvalue weighted by molar-refractivity contribution is -0.148. The highest BCUT2D eigenvalue weighted by molar-refractivity contribution is 5.99. The van der Waals surface area contributed by atoms with Gasteiger partial charge >= 0.3 is 12.1 Å². The van der Waals surface area contributed by atoms with Crippen molar-refractivity contribution in [3.63, 3.8) is 0 Å². The van der Waals surface area contributed by atoms with Gasteiger partial charge in [-0.15, -0.1) is 0 Å². The average Bonchev–Trinajstić information content (AvgIpc) is 3.03. The average molecular weight is 513 g/mol. The molecule has 0 radical (unpaired) electrons. The first kappa shape index (κ1) is 30.8. The number of hydrogen-bond donors (Lipinski definition) is 5. The second-order valence-electron chi connectivity index (χ2n) is 10.8. The van der Waals surface area contributed by atoms with Crippen molar-refractivity contribution in [2.75, 3.05) is 6.54 Å². The number of aromatic hydroxyl groups is 2. The van der Waals surface area contributed by atoms with Crippen LogP contribution in [0.4, 0.5) is 4.79 Å². The van der Waals surface area contributed by atoms with E-state index in [1.54, 1.807) is 41.5 Å². The van der Waals surface area contributed by atoms with Crippen molar-refractivity contribution >= 4 is 23.9 Å². The van der Waals surface area contributed by atoms with Crippen LogP contribution in [0.5, 0.6) is 11.8 Å². The van der Waals surface area contributed by atoms with Crippen LogP contribution in [-0.2, 0) is 19.1 Å². The number of aliphatic carboxylic acids is 1. The van der Waals surface area contributed by atoms with E-state index in [0.717, 1.165) is 16.7 Å². The number of imide groups is 1. The molecular weight excluding hydrogens is 472 g/mol. The lowest BCUT2D eigenvalue weighted by Crippen LogP contribution is -2.54. The summed E-state index contributed by atoms with van der Waals surface area (Å²) in [6, 6.07) is -0.774. The van der Waals surface area contributed by atoms with E-state index in [1.165, 1.54) is 0 Å². The number of rotatable bonds is 11. The number of carboxylic acids is 1. The van der Waals surface area contributed by atoms with Gasteiger partial charge in [-0.2, -0.15) is 0 Å². The molecule has 3 amide bonds. The Kier molecular flexibility index (Phi) is 10.3. The molecule has 7 N–H and O–H groups in total. The minimum absolute atomic E-state index is 0.00446. The Bertz CT molecular complexity index is 925. The summed E-state index contributed by atoms with van der Waals surface area (Å²) in [6.45, 7) is 10.0. The Hall–Kier alpha value is -3.28. The first-order valence-electron chi connectivity index (χ1n) is 11.8. The lowest BCUT2D eigenvalue weighted by atomic mass is 9.77. The van der Waals surface area contributed by atoms with Crippen LogP contribution >= 0.6 is 0 Å². The number of nitrogens with two attached hydrogens (primary N) is 2. The number of ether oxygens (including phenoxy) is 1. The molecule has 0 fully saturated rings. The Morgan fingerprint density at radius 3 is 1.94 bits per heavy atom. The summed E-state index contributed by atoms with van der Waals surface area (Å²) in [7, 11) is 0. The molecule has 1 aromatic heterocycles. The number of carboxylic acid groups (broad SMARTS) is 1. The fourth-order valence-corrected chi connectivity index (χ4v) is 3.83. The third-order valence-corrected chi connectivity index (χ3v) is 5.67. The molecular formula is C24H40N4O8. The van der Waals surface area contributed by atoms with Gasteiger partial charge in [0, 0.05) is 12.1 Å². The molecule has 0 saturated carbocycles. The zero-order valence-electron chi connectivity index (χ0n) is 21.9. The molecule has 0 spiro atoms. The van der Waals surface area contributed by atoms with E-state index in [0.29, 0.717) is 24.3 Å². The Morgan fingerprint density at radius 1 is 1.03 bits per heavy atom. The SMILES string of the molecule is CC(C)(C)OC(=O)N(C(=O)[C@H](CC(C(=O)O)C(C)(C)C)n1c(O)ccc1O)[C@@H](CCCCN)C(N)=O. The van der Waals surface area contributed by atoms with Gasteiger partial charge in [-0.05, 0) is 58.4 Å². The van der Waals surface area contributed by atoms with Crippen LogP contribution in [-0.4, -0.2) is 66.9 Å². The van der Waals surface area contributed by atoms with Crippen LogP contribution in [0.1, 0.15) is 73.3 Å². The van der Waals surface area contributed by atoms with E-state index in [2.05, 4.69) is 0 Å². The monoisotopic (exact) mass is 512 g/mol. The van der Waals surface area contributed by atoms with Crippen molar-refractivity contribution in [2.24, 2.45) is 22.8 Å². The second kappa shape index (κ2) is 12.1. The van der Waals surface area contributed by atoms with Gasteiger partial charge < -0.3 is 31.5 Å². The molecule has 0 aliphatic heterocycles. The van der Waals surface area contributed by atoms with E-state index in [1.807, 2.05) is 0 Å². The number of carbonyl (C=O) groups excluding carboxylic acids is 3. The normalized spacial score (nSPS) is 14.5. The van der Waals surface area contributed by atoms with Gasteiger partial charge in [-0.25, -0.2) is 9.69 Å². The van der Waals surface area contributed by atoms with Gasteiger partial charge in [0.2, 0.25) is 5.91 Å². The number of nitrogens with zero attached hydrogens (tertiary/aromatic N) is 2. The number of amides is 3. The highest BCUT2D eigenvalue weighted by Crippen LogP contribution is 2.38. The van der Waals surface area contributed by atoms with E-state index >= 15 is 0 Å². The van der Waals surface area contributed by atoms with Crippen molar-refractivity contribution in [1.29, 1.82) is 0 Å². The molecule has 0 bridgehead atoms. The molecule has 3 atom stereocenters. The lowest BCUT2D eigenvalue weighted by Gasteiger charge is -2.35. The summed E-state index contributed by atoms with van der Waals surface area (Å²) in [6.07, 6.45) is -0.728. The standard InChI is InChI=1S/C24H40N4O8/c1-23(2,3)14(21(33)34)13-16(27-17(29)10-11-18(27)30)20(32)28(22(35)36-24(4,5)6)15(19(26)31)9-7-8-12-25/h10-11,14-16,29-30H,7-9,12-13,25H2,1-6H3,(H2,26,31)(H,33,34)/t14?,15-,16-/m0/s1. The Balaban J connectivity index is 3.72. The quantitative estimate of drug-likeness (QED) is 0.276. The molecule has 0 saturated heterocycles. The first-order valence-corrected chi connectivity index (χ1v) is 11.8. The summed E-state index contributed by atoms with van der Waals surface area (Å²) in [4.78, 5) is 52.3. The number of primary amides is 1. The van der Waals surface area contributed by atoms with Crippen LogP contribution in [0, 0.1) is 11.3 Å². The summed E-state index contributed by atoms with van der Waals surface area (Å²) in [5, 5.41) is 30.7. The highest BCUT2D eigenvalue weighted by atomic mass is 16.6. The van der Waals surface area contributed by atoms with Crippen LogP contribution < -0.4 is 11.5 Å². The molecule has 0 aliphatic carbocycles. The maximum atomic E-state index is 14.0. The van der Waals surface area contributed by atoms with E-state index < -0.39 is 71.1 Å². The Morgan fingerprint density at radius 2 is 1.56 bits per heavy atom. The predicted octanol–water partition coefficient (Wildman–Crippen LogP) is 2.32. The fourth-order valence-electron chi connectivity index (χ4n) is 3.83. The van der Waals surface area contributed by atoms with Gasteiger partial charge in [0.05, 0.1) is 5.92 Å². The van der Waals surface area contributed by atoms with Gasteiger partial charge in [-0.3, -0.25) is 19.0 Å². The second-order valence-corrected chi connectivity index (χ2v) is 10.8. The summed E-state index contributed by atoms with van der Waals surface area (Å²) >= 11 is 0. The maximum absolute atomic E-state index is 14.0. The minimum Gasteiger partial charge on any atom is -0.494 e. The first-order chi connectivity index (χ1) is 16.4. The van der Waals surface area contributed by atoms with Gasteiger partial charge in [0.15, 0.2) is 11.8 Å². The predicted molar refractivity (Wildman–Crippen MR) is 131 cm³/mol. The van der Waals surface area contributed by atoms with Crippen molar-refractivity contribution in [1.82, 2.24) is 9.47 Å². The maximum Gasteiger partial charge on any atom is 0.417 e. The molecule has 1 rings (SSSR count). The third-order valence-electron chi connectivity index (χ3n) is 5.67. The van der Waals surface area contributed by atoms with E-state index in [4.69, 9.17) is 16.2 Å². The number of carbonyl (C=O) groups is 4.